The molecular formula is C10H15ClN6. The maximum absolute atomic E-state index is 6.19. The van der Waals surface area contributed by atoms with Gasteiger partial charge in [-0.15, -0.1) is 26.4 Å². The highest BCUT2D eigenvalue weighted by Gasteiger charge is 2.08. The van der Waals surface area contributed by atoms with Crippen LogP contribution in [-0.4, -0.2) is 37.2 Å². The van der Waals surface area contributed by atoms with Crippen LogP contribution in [0.4, 0.5) is 5.82 Å². The van der Waals surface area contributed by atoms with Crippen LogP contribution in [0.25, 0.3) is 5.65 Å². The number of hydrogen-bond acceptors (Lipinski definition) is 5. The molecule has 7 heteroatoms. The second kappa shape index (κ2) is 5.27. The van der Waals surface area contributed by atoms with Crippen molar-refractivity contribution in [1.29, 1.82) is 0 Å². The van der Waals surface area contributed by atoms with Crippen molar-refractivity contribution >= 4 is 23.1 Å². The number of nitrogens with one attached hydrogen (secondary N) is 1. The Bertz CT molecular complexity index is 482. The van der Waals surface area contributed by atoms with E-state index in [2.05, 4.69) is 39.8 Å². The van der Waals surface area contributed by atoms with Crippen LogP contribution in [0.3, 0.4) is 0 Å². The van der Waals surface area contributed by atoms with Gasteiger partial charge in [-0.2, -0.15) is 0 Å². The molecule has 2 rings (SSSR count). The van der Waals surface area contributed by atoms with Gasteiger partial charge in [-0.05, 0) is 34.9 Å². The monoisotopic (exact) mass is 254 g/mol. The van der Waals surface area contributed by atoms with Gasteiger partial charge in [0.15, 0.2) is 5.65 Å². The maximum atomic E-state index is 6.19. The predicted molar refractivity (Wildman–Crippen MR) is 66.2 cm³/mol. The van der Waals surface area contributed by atoms with Crippen LogP contribution < -0.4 is 5.32 Å². The first-order valence-corrected chi connectivity index (χ1v) is 6.02. The second-order valence-corrected chi connectivity index (χ2v) is 4.97. The summed E-state index contributed by atoms with van der Waals surface area (Å²) in [7, 11) is 0. The fourth-order valence-electron chi connectivity index (χ4n) is 1.55. The average Bonchev–Trinajstić information content (AvgIpc) is 2.72. The first kappa shape index (κ1) is 12.0. The molecule has 2 heterocycles. The van der Waals surface area contributed by atoms with E-state index < -0.39 is 0 Å². The Labute approximate surface area is 104 Å². The average molecular weight is 255 g/mol. The Morgan fingerprint density at radius 1 is 1.41 bits per heavy atom. The summed E-state index contributed by atoms with van der Waals surface area (Å²) >= 11 is 6.19. The van der Waals surface area contributed by atoms with Crippen molar-refractivity contribution in [2.24, 2.45) is 5.92 Å². The minimum absolute atomic E-state index is 0.0985. The fourth-order valence-corrected chi connectivity index (χ4v) is 1.99. The molecule has 0 aliphatic carbocycles. The van der Waals surface area contributed by atoms with Crippen LogP contribution in [0.2, 0.25) is 0 Å². The van der Waals surface area contributed by atoms with Crippen molar-refractivity contribution in [3.63, 3.8) is 0 Å². The summed E-state index contributed by atoms with van der Waals surface area (Å²) < 4.78 is 1.38. The smallest absolute Gasteiger partial charge is 0.200 e. The van der Waals surface area contributed by atoms with E-state index in [1.54, 1.807) is 6.07 Å². The zero-order valence-electron chi connectivity index (χ0n) is 9.84. The first-order valence-electron chi connectivity index (χ1n) is 5.58. The van der Waals surface area contributed by atoms with E-state index >= 15 is 0 Å². The third kappa shape index (κ3) is 3.26. The molecule has 6 nitrogen and oxygen atoms in total. The van der Waals surface area contributed by atoms with Crippen LogP contribution in [0.5, 0.6) is 0 Å². The molecule has 17 heavy (non-hydrogen) atoms. The Morgan fingerprint density at radius 2 is 2.24 bits per heavy atom. The van der Waals surface area contributed by atoms with Crippen LogP contribution in [-0.2, 0) is 0 Å². The SMILES string of the molecule is CC(C)CC(Cl)CNc1ccc2nnnn2n1. The minimum atomic E-state index is 0.0985. The van der Waals surface area contributed by atoms with Gasteiger partial charge in [0, 0.05) is 6.54 Å². The second-order valence-electron chi connectivity index (χ2n) is 4.35. The molecule has 2 aromatic heterocycles. The standard InChI is InChI=1S/C10H15ClN6/c1-7(2)5-8(11)6-12-9-3-4-10-13-15-16-17(10)14-9/h3-4,7-8H,5-6H2,1-2H3,(H,12,14). The van der Waals surface area contributed by atoms with Gasteiger partial charge in [-0.1, -0.05) is 13.8 Å². The lowest BCUT2D eigenvalue weighted by atomic mass is 10.1. The Morgan fingerprint density at radius 3 is 3.00 bits per heavy atom. The van der Waals surface area contributed by atoms with Gasteiger partial charge in [0.25, 0.3) is 0 Å². The zero-order valence-corrected chi connectivity index (χ0v) is 10.6. The van der Waals surface area contributed by atoms with E-state index in [0.29, 0.717) is 18.1 Å². The summed E-state index contributed by atoms with van der Waals surface area (Å²) in [5.41, 5.74) is 0.625. The lowest BCUT2D eigenvalue weighted by molar-refractivity contribution is 0.571. The highest BCUT2D eigenvalue weighted by molar-refractivity contribution is 6.20. The van der Waals surface area contributed by atoms with Crippen molar-refractivity contribution in [2.45, 2.75) is 25.6 Å². The molecule has 0 amide bonds. The molecule has 92 valence electrons. The largest absolute Gasteiger partial charge is 0.367 e. The molecule has 0 saturated carbocycles. The third-order valence-electron chi connectivity index (χ3n) is 2.30. The van der Waals surface area contributed by atoms with Crippen LogP contribution >= 0.6 is 11.6 Å². The highest BCUT2D eigenvalue weighted by atomic mass is 35.5. The summed E-state index contributed by atoms with van der Waals surface area (Å²) in [5, 5.41) is 18.5. The van der Waals surface area contributed by atoms with E-state index in [4.69, 9.17) is 11.6 Å². The van der Waals surface area contributed by atoms with E-state index in [1.165, 1.54) is 4.63 Å². The van der Waals surface area contributed by atoms with Gasteiger partial charge in [0.1, 0.15) is 5.82 Å². The number of alkyl halides is 1. The number of hydrogen-bond donors (Lipinski definition) is 1. The van der Waals surface area contributed by atoms with Crippen molar-refractivity contribution in [3.8, 4) is 0 Å². The number of rotatable bonds is 5. The van der Waals surface area contributed by atoms with E-state index in [-0.39, 0.29) is 5.38 Å². The molecule has 0 saturated heterocycles. The molecule has 1 N–H and O–H groups in total. The lowest BCUT2D eigenvalue weighted by Gasteiger charge is -2.12. The van der Waals surface area contributed by atoms with Crippen molar-refractivity contribution in [3.05, 3.63) is 12.1 Å². The molecule has 2 aromatic rings. The fraction of sp³-hybridized carbons (Fsp3) is 0.600. The molecule has 0 aliphatic rings. The zero-order chi connectivity index (χ0) is 12.3. The van der Waals surface area contributed by atoms with Crippen LogP contribution in [0.1, 0.15) is 20.3 Å². The summed E-state index contributed by atoms with van der Waals surface area (Å²) in [5.74, 6) is 1.31. The molecular weight excluding hydrogens is 240 g/mol. The first-order chi connectivity index (χ1) is 8.15. The van der Waals surface area contributed by atoms with E-state index in [9.17, 15) is 0 Å². The number of nitrogens with zero attached hydrogens (tertiary/aromatic N) is 5. The molecule has 0 aliphatic heterocycles. The number of tetrazole rings is 1. The highest BCUT2D eigenvalue weighted by Crippen LogP contribution is 2.11. The van der Waals surface area contributed by atoms with Crippen LogP contribution in [0.15, 0.2) is 12.1 Å². The van der Waals surface area contributed by atoms with E-state index in [0.717, 1.165) is 12.2 Å². The Kier molecular flexibility index (Phi) is 3.73. The molecule has 1 unspecified atom stereocenters. The molecule has 0 radical (unpaired) electrons. The van der Waals surface area contributed by atoms with Crippen molar-refractivity contribution < 1.29 is 0 Å². The summed E-state index contributed by atoms with van der Waals surface area (Å²) in [6.45, 7) is 4.99. The predicted octanol–water partition coefficient (Wildman–Crippen LogP) is 1.58. The number of fused-ring (bicyclic) bond motifs is 1. The Balaban J connectivity index is 1.94. The molecule has 0 aromatic carbocycles. The molecule has 0 bridgehead atoms. The van der Waals surface area contributed by atoms with Gasteiger partial charge in [0.2, 0.25) is 0 Å². The van der Waals surface area contributed by atoms with Gasteiger partial charge >= 0.3 is 0 Å². The molecule has 1 atom stereocenters. The summed E-state index contributed by atoms with van der Waals surface area (Å²) in [4.78, 5) is 0. The minimum Gasteiger partial charge on any atom is -0.367 e. The van der Waals surface area contributed by atoms with Crippen molar-refractivity contribution in [2.75, 3.05) is 11.9 Å². The van der Waals surface area contributed by atoms with Gasteiger partial charge in [-0.3, -0.25) is 0 Å². The third-order valence-corrected chi connectivity index (χ3v) is 2.63. The molecule has 0 spiro atoms. The van der Waals surface area contributed by atoms with Gasteiger partial charge in [-0.25, -0.2) is 0 Å². The lowest BCUT2D eigenvalue weighted by Crippen LogP contribution is -2.17. The van der Waals surface area contributed by atoms with Gasteiger partial charge in [0.05, 0.1) is 5.38 Å². The van der Waals surface area contributed by atoms with Crippen molar-refractivity contribution in [1.82, 2.24) is 25.3 Å². The van der Waals surface area contributed by atoms with Crippen LogP contribution in [0, 0.1) is 5.92 Å². The van der Waals surface area contributed by atoms with E-state index in [1.807, 2.05) is 6.07 Å². The Hall–Kier alpha value is -1.43. The maximum Gasteiger partial charge on any atom is 0.200 e. The summed E-state index contributed by atoms with van der Waals surface area (Å²) in [6.07, 6.45) is 0.974. The number of halogens is 1. The number of anilines is 1. The normalized spacial score (nSPS) is 13.2. The number of aromatic nitrogens is 5. The topological polar surface area (TPSA) is 68.0 Å². The summed E-state index contributed by atoms with van der Waals surface area (Å²) in [6, 6.07) is 3.64. The molecule has 0 fully saturated rings. The van der Waals surface area contributed by atoms with Gasteiger partial charge < -0.3 is 5.32 Å². The quantitative estimate of drug-likeness (QED) is 0.821.